The number of anilines is 1. The zero-order valence-electron chi connectivity index (χ0n) is 10.2. The molecular weight excluding hydrogens is 343 g/mol. The highest BCUT2D eigenvalue weighted by atomic mass is 127. The number of nitrogens with zero attached hydrogens (tertiary/aromatic N) is 2. The van der Waals surface area contributed by atoms with Crippen LogP contribution in [0.3, 0.4) is 0 Å². The molecule has 0 bridgehead atoms. The van der Waals surface area contributed by atoms with Gasteiger partial charge < -0.3 is 10.3 Å². The molecule has 0 amide bonds. The molecule has 2 aliphatic rings. The van der Waals surface area contributed by atoms with Gasteiger partial charge in [-0.05, 0) is 48.4 Å². The fraction of sp³-hybridized carbons (Fsp3) is 0.667. The summed E-state index contributed by atoms with van der Waals surface area (Å²) < 4.78 is 0.657. The standard InChI is InChI=1S/C12H17IN4O/c13-10-11(14-7-15-12(10)18)16-8-4-6-17-5-2-1-3-9(8)17/h7-9H,1-6H2,(H2,14,15,16,18). The maximum absolute atomic E-state index is 11.5. The Morgan fingerprint density at radius 3 is 3.17 bits per heavy atom. The van der Waals surface area contributed by atoms with Crippen molar-refractivity contribution in [2.75, 3.05) is 18.4 Å². The molecule has 2 saturated heterocycles. The number of aromatic nitrogens is 2. The van der Waals surface area contributed by atoms with E-state index < -0.39 is 0 Å². The molecule has 1 aromatic rings. The number of hydrogen-bond acceptors (Lipinski definition) is 4. The van der Waals surface area contributed by atoms with Crippen molar-refractivity contribution in [2.24, 2.45) is 0 Å². The Bertz CT molecular complexity index is 489. The van der Waals surface area contributed by atoms with E-state index >= 15 is 0 Å². The van der Waals surface area contributed by atoms with Crippen LogP contribution in [0.5, 0.6) is 0 Å². The molecule has 5 nitrogen and oxygen atoms in total. The van der Waals surface area contributed by atoms with Gasteiger partial charge in [-0.15, -0.1) is 0 Å². The van der Waals surface area contributed by atoms with Crippen molar-refractivity contribution in [1.82, 2.24) is 14.9 Å². The summed E-state index contributed by atoms with van der Waals surface area (Å²) in [6, 6.07) is 1.06. The molecule has 2 atom stereocenters. The van der Waals surface area contributed by atoms with E-state index in [-0.39, 0.29) is 5.56 Å². The molecule has 1 aromatic heterocycles. The first-order valence-corrected chi connectivity index (χ1v) is 7.57. The van der Waals surface area contributed by atoms with Crippen LogP contribution in [0.1, 0.15) is 25.7 Å². The van der Waals surface area contributed by atoms with Crippen LogP contribution in [-0.4, -0.2) is 40.0 Å². The first-order valence-electron chi connectivity index (χ1n) is 6.49. The van der Waals surface area contributed by atoms with Crippen LogP contribution >= 0.6 is 22.6 Å². The Morgan fingerprint density at radius 2 is 2.28 bits per heavy atom. The summed E-state index contributed by atoms with van der Waals surface area (Å²) in [6.07, 6.45) is 6.52. The van der Waals surface area contributed by atoms with Crippen LogP contribution < -0.4 is 10.9 Å². The van der Waals surface area contributed by atoms with E-state index in [9.17, 15) is 4.79 Å². The van der Waals surface area contributed by atoms with Crippen LogP contribution in [0, 0.1) is 3.57 Å². The van der Waals surface area contributed by atoms with Crippen molar-refractivity contribution in [3.8, 4) is 0 Å². The normalized spacial score (nSPS) is 28.1. The third-order valence-corrected chi connectivity index (χ3v) is 4.98. The van der Waals surface area contributed by atoms with Crippen LogP contribution in [0.15, 0.2) is 11.1 Å². The quantitative estimate of drug-likeness (QED) is 0.784. The lowest BCUT2D eigenvalue weighted by Gasteiger charge is -2.32. The van der Waals surface area contributed by atoms with Crippen molar-refractivity contribution >= 4 is 28.4 Å². The molecule has 18 heavy (non-hydrogen) atoms. The number of H-pyrrole nitrogens is 1. The van der Waals surface area contributed by atoms with Crippen LogP contribution in [0.2, 0.25) is 0 Å². The summed E-state index contributed by atoms with van der Waals surface area (Å²) in [6.45, 7) is 2.39. The Labute approximate surface area is 120 Å². The predicted octanol–water partition coefficient (Wildman–Crippen LogP) is 1.41. The molecule has 0 aromatic carbocycles. The molecule has 3 heterocycles. The zero-order valence-corrected chi connectivity index (χ0v) is 12.3. The Hall–Kier alpha value is -0.630. The summed E-state index contributed by atoms with van der Waals surface area (Å²) >= 11 is 2.06. The number of hydrogen-bond donors (Lipinski definition) is 2. The van der Waals surface area contributed by atoms with Gasteiger partial charge in [-0.25, -0.2) is 4.98 Å². The van der Waals surface area contributed by atoms with E-state index in [4.69, 9.17) is 0 Å². The second kappa shape index (κ2) is 5.16. The smallest absolute Gasteiger partial charge is 0.266 e. The van der Waals surface area contributed by atoms with Gasteiger partial charge in [-0.3, -0.25) is 9.69 Å². The lowest BCUT2D eigenvalue weighted by molar-refractivity contribution is 0.192. The maximum atomic E-state index is 11.5. The van der Waals surface area contributed by atoms with Gasteiger partial charge in [0.2, 0.25) is 0 Å². The van der Waals surface area contributed by atoms with E-state index in [0.717, 1.165) is 12.2 Å². The molecule has 3 rings (SSSR count). The highest BCUT2D eigenvalue weighted by molar-refractivity contribution is 14.1. The topological polar surface area (TPSA) is 61.0 Å². The minimum Gasteiger partial charge on any atom is -0.365 e. The van der Waals surface area contributed by atoms with Gasteiger partial charge >= 0.3 is 0 Å². The highest BCUT2D eigenvalue weighted by Crippen LogP contribution is 2.29. The highest BCUT2D eigenvalue weighted by Gasteiger charge is 2.35. The Morgan fingerprint density at radius 1 is 1.39 bits per heavy atom. The largest absolute Gasteiger partial charge is 0.365 e. The first kappa shape index (κ1) is 12.4. The van der Waals surface area contributed by atoms with Gasteiger partial charge in [0, 0.05) is 18.6 Å². The third kappa shape index (κ3) is 2.27. The number of halogens is 1. The molecule has 2 aliphatic heterocycles. The number of fused-ring (bicyclic) bond motifs is 1. The monoisotopic (exact) mass is 360 g/mol. The van der Waals surface area contributed by atoms with Gasteiger partial charge in [-0.2, -0.15) is 0 Å². The predicted molar refractivity (Wildman–Crippen MR) is 78.8 cm³/mol. The summed E-state index contributed by atoms with van der Waals surface area (Å²) in [5, 5.41) is 3.47. The molecule has 2 unspecified atom stereocenters. The Balaban J connectivity index is 1.76. The van der Waals surface area contributed by atoms with E-state index in [2.05, 4.69) is 42.8 Å². The molecule has 2 fully saturated rings. The van der Waals surface area contributed by atoms with E-state index in [1.807, 2.05) is 0 Å². The second-order valence-corrected chi connectivity index (χ2v) is 6.11. The van der Waals surface area contributed by atoms with Gasteiger partial charge in [0.25, 0.3) is 5.56 Å². The van der Waals surface area contributed by atoms with Crippen LogP contribution in [0.25, 0.3) is 0 Å². The number of nitrogens with one attached hydrogen (secondary N) is 2. The van der Waals surface area contributed by atoms with Gasteiger partial charge in [0.05, 0.1) is 6.33 Å². The van der Waals surface area contributed by atoms with Gasteiger partial charge in [-0.1, -0.05) is 6.42 Å². The van der Waals surface area contributed by atoms with E-state index in [1.165, 1.54) is 38.7 Å². The molecular formula is C12H17IN4O. The fourth-order valence-electron chi connectivity index (χ4n) is 3.07. The molecule has 0 aliphatic carbocycles. The summed E-state index contributed by atoms with van der Waals surface area (Å²) in [5.74, 6) is 0.733. The lowest BCUT2D eigenvalue weighted by Crippen LogP contribution is -2.42. The molecule has 0 radical (unpaired) electrons. The molecule has 2 N–H and O–H groups in total. The van der Waals surface area contributed by atoms with Crippen molar-refractivity contribution in [3.63, 3.8) is 0 Å². The molecule has 0 saturated carbocycles. The summed E-state index contributed by atoms with van der Waals surface area (Å²) in [5.41, 5.74) is -0.0633. The summed E-state index contributed by atoms with van der Waals surface area (Å²) in [4.78, 5) is 21.0. The van der Waals surface area contributed by atoms with Crippen LogP contribution in [0.4, 0.5) is 5.82 Å². The molecule has 98 valence electrons. The summed E-state index contributed by atoms with van der Waals surface area (Å²) in [7, 11) is 0. The number of piperidine rings is 1. The van der Waals surface area contributed by atoms with Crippen molar-refractivity contribution in [3.05, 3.63) is 20.3 Å². The SMILES string of the molecule is O=c1[nH]cnc(NC2CCN3CCCCC23)c1I. The minimum absolute atomic E-state index is 0.0633. The van der Waals surface area contributed by atoms with Crippen molar-refractivity contribution in [1.29, 1.82) is 0 Å². The van der Waals surface area contributed by atoms with Crippen molar-refractivity contribution in [2.45, 2.75) is 37.8 Å². The third-order valence-electron chi connectivity index (χ3n) is 3.97. The molecule has 0 spiro atoms. The lowest BCUT2D eigenvalue weighted by atomic mass is 9.99. The average Bonchev–Trinajstić information content (AvgIpc) is 2.79. The fourth-order valence-corrected chi connectivity index (χ4v) is 3.53. The number of rotatable bonds is 2. The van der Waals surface area contributed by atoms with Gasteiger partial charge in [0.15, 0.2) is 0 Å². The maximum Gasteiger partial charge on any atom is 0.266 e. The number of aromatic amines is 1. The second-order valence-electron chi connectivity index (χ2n) is 5.03. The van der Waals surface area contributed by atoms with Gasteiger partial charge in [0.1, 0.15) is 9.39 Å². The zero-order chi connectivity index (χ0) is 12.5. The minimum atomic E-state index is -0.0633. The van der Waals surface area contributed by atoms with E-state index in [0.29, 0.717) is 15.7 Å². The Kier molecular flexibility index (Phi) is 3.56. The van der Waals surface area contributed by atoms with Crippen molar-refractivity contribution < 1.29 is 0 Å². The van der Waals surface area contributed by atoms with Crippen LogP contribution in [-0.2, 0) is 0 Å². The first-order chi connectivity index (χ1) is 8.75. The molecule has 6 heteroatoms. The average molecular weight is 360 g/mol. The van der Waals surface area contributed by atoms with E-state index in [1.54, 1.807) is 0 Å².